The summed E-state index contributed by atoms with van der Waals surface area (Å²) in [4.78, 5) is 40.8. The van der Waals surface area contributed by atoms with Crippen LogP contribution in [0.5, 0.6) is 5.75 Å². The first-order chi connectivity index (χ1) is 13.4. The highest BCUT2D eigenvalue weighted by Gasteiger charge is 2.09. The number of amides is 2. The minimum atomic E-state index is -0.481. The molecule has 2 N–H and O–H groups in total. The van der Waals surface area contributed by atoms with Crippen LogP contribution in [0.2, 0.25) is 0 Å². The van der Waals surface area contributed by atoms with Gasteiger partial charge >= 0.3 is 0 Å². The molecule has 0 aliphatic heterocycles. The number of ether oxygens (including phenoxy) is 1. The van der Waals surface area contributed by atoms with E-state index < -0.39 is 11.8 Å². The van der Waals surface area contributed by atoms with Crippen LogP contribution in [0.15, 0.2) is 40.8 Å². The second-order valence-electron chi connectivity index (χ2n) is 6.34. The molecule has 0 aliphatic rings. The van der Waals surface area contributed by atoms with E-state index in [1.807, 2.05) is 32.0 Å². The lowest BCUT2D eigenvalue weighted by molar-refractivity contribution is -0.130. The zero-order chi connectivity index (χ0) is 20.1. The average molecular weight is 400 g/mol. The van der Waals surface area contributed by atoms with E-state index in [0.29, 0.717) is 16.0 Å². The SMILES string of the molecule is Cc1cc(C)cc(OCC(=O)NNC(=O)CCn2cnc3sccc3c2=O)c1. The number of benzene rings is 1. The molecule has 146 valence electrons. The Hall–Kier alpha value is -3.20. The number of carbonyl (C=O) groups is 2. The number of aromatic nitrogens is 2. The molecule has 0 aliphatic carbocycles. The molecule has 0 saturated heterocycles. The Balaban J connectivity index is 1.44. The summed E-state index contributed by atoms with van der Waals surface area (Å²) < 4.78 is 6.80. The monoisotopic (exact) mass is 400 g/mol. The number of hydrazine groups is 1. The fourth-order valence-corrected chi connectivity index (χ4v) is 3.40. The Kier molecular flexibility index (Phi) is 6.05. The molecule has 0 bridgehead atoms. The van der Waals surface area contributed by atoms with E-state index >= 15 is 0 Å². The number of nitrogens with zero attached hydrogens (tertiary/aromatic N) is 2. The topological polar surface area (TPSA) is 102 Å². The van der Waals surface area contributed by atoms with Gasteiger partial charge in [-0.3, -0.25) is 29.8 Å². The van der Waals surface area contributed by atoms with E-state index in [9.17, 15) is 14.4 Å². The lowest BCUT2D eigenvalue weighted by Crippen LogP contribution is -2.44. The molecule has 2 amide bonds. The van der Waals surface area contributed by atoms with Crippen LogP contribution in [0.1, 0.15) is 17.5 Å². The second-order valence-corrected chi connectivity index (χ2v) is 7.24. The highest BCUT2D eigenvalue weighted by molar-refractivity contribution is 7.16. The van der Waals surface area contributed by atoms with Crippen molar-refractivity contribution in [1.82, 2.24) is 20.4 Å². The van der Waals surface area contributed by atoms with Gasteiger partial charge < -0.3 is 4.74 Å². The summed E-state index contributed by atoms with van der Waals surface area (Å²) in [6.07, 6.45) is 1.44. The Morgan fingerprint density at radius 3 is 2.61 bits per heavy atom. The van der Waals surface area contributed by atoms with Crippen LogP contribution in [0, 0.1) is 13.8 Å². The Morgan fingerprint density at radius 1 is 1.14 bits per heavy atom. The smallest absolute Gasteiger partial charge is 0.276 e. The lowest BCUT2D eigenvalue weighted by Gasteiger charge is -2.10. The summed E-state index contributed by atoms with van der Waals surface area (Å²) in [6.45, 7) is 3.83. The molecule has 0 radical (unpaired) electrons. The first kappa shape index (κ1) is 19.6. The minimum absolute atomic E-state index is 0.0233. The fourth-order valence-electron chi connectivity index (χ4n) is 2.68. The van der Waals surface area contributed by atoms with Crippen LogP contribution in [0.4, 0.5) is 0 Å². The molecule has 3 rings (SSSR count). The summed E-state index contributed by atoms with van der Waals surface area (Å²) in [5, 5.41) is 2.33. The third kappa shape index (κ3) is 4.95. The number of hydrogen-bond acceptors (Lipinski definition) is 6. The molecule has 2 heterocycles. The van der Waals surface area contributed by atoms with Gasteiger partial charge in [0.25, 0.3) is 11.5 Å². The van der Waals surface area contributed by atoms with E-state index in [2.05, 4.69) is 15.8 Å². The molecule has 28 heavy (non-hydrogen) atoms. The van der Waals surface area contributed by atoms with Crippen molar-refractivity contribution < 1.29 is 14.3 Å². The van der Waals surface area contributed by atoms with Crippen molar-refractivity contribution in [2.75, 3.05) is 6.61 Å². The van der Waals surface area contributed by atoms with Crippen molar-refractivity contribution in [3.05, 3.63) is 57.5 Å². The normalized spacial score (nSPS) is 10.6. The lowest BCUT2D eigenvalue weighted by atomic mass is 10.1. The molecule has 0 saturated carbocycles. The summed E-state index contributed by atoms with van der Waals surface area (Å²) in [6, 6.07) is 7.37. The number of fused-ring (bicyclic) bond motifs is 1. The number of rotatable bonds is 6. The maximum Gasteiger partial charge on any atom is 0.276 e. The van der Waals surface area contributed by atoms with Crippen LogP contribution in [-0.4, -0.2) is 28.0 Å². The third-order valence-electron chi connectivity index (χ3n) is 3.94. The van der Waals surface area contributed by atoms with Gasteiger partial charge in [0, 0.05) is 13.0 Å². The largest absolute Gasteiger partial charge is 0.484 e. The summed E-state index contributed by atoms with van der Waals surface area (Å²) in [5.74, 6) is -0.308. The van der Waals surface area contributed by atoms with Crippen LogP contribution >= 0.6 is 11.3 Å². The van der Waals surface area contributed by atoms with Crippen molar-refractivity contribution in [2.45, 2.75) is 26.8 Å². The molecule has 0 atom stereocenters. The first-order valence-corrected chi connectivity index (χ1v) is 9.52. The van der Waals surface area contributed by atoms with E-state index in [4.69, 9.17) is 4.74 Å². The van der Waals surface area contributed by atoms with Crippen LogP contribution in [0.25, 0.3) is 10.2 Å². The number of thiophene rings is 1. The minimum Gasteiger partial charge on any atom is -0.484 e. The number of hydrogen-bond donors (Lipinski definition) is 2. The predicted octanol–water partition coefficient (Wildman–Crippen LogP) is 1.69. The molecule has 2 aromatic heterocycles. The second kappa shape index (κ2) is 8.66. The standard InChI is InChI=1S/C19H20N4O4S/c1-12-7-13(2)9-14(8-12)27-10-17(25)22-21-16(24)3-5-23-11-20-18-15(19(23)26)4-6-28-18/h4,6-9,11H,3,5,10H2,1-2H3,(H,21,24)(H,22,25). The summed E-state index contributed by atoms with van der Waals surface area (Å²) in [7, 11) is 0. The zero-order valence-corrected chi connectivity index (χ0v) is 16.3. The summed E-state index contributed by atoms with van der Waals surface area (Å²) in [5.41, 5.74) is 6.49. The Morgan fingerprint density at radius 2 is 1.86 bits per heavy atom. The van der Waals surface area contributed by atoms with Crippen molar-refractivity contribution in [3.63, 3.8) is 0 Å². The van der Waals surface area contributed by atoms with Gasteiger partial charge in [0.05, 0.1) is 11.7 Å². The third-order valence-corrected chi connectivity index (χ3v) is 4.76. The van der Waals surface area contributed by atoms with Crippen molar-refractivity contribution >= 4 is 33.4 Å². The number of aryl methyl sites for hydroxylation is 3. The average Bonchev–Trinajstić information content (AvgIpc) is 3.13. The van der Waals surface area contributed by atoms with Gasteiger partial charge in [-0.25, -0.2) is 4.98 Å². The molecule has 0 unspecified atom stereocenters. The van der Waals surface area contributed by atoms with Gasteiger partial charge in [0.15, 0.2) is 6.61 Å². The van der Waals surface area contributed by atoms with E-state index in [0.717, 1.165) is 11.1 Å². The predicted molar refractivity (Wildman–Crippen MR) is 106 cm³/mol. The fraction of sp³-hybridized carbons (Fsp3) is 0.263. The molecule has 8 nitrogen and oxygen atoms in total. The highest BCUT2D eigenvalue weighted by atomic mass is 32.1. The molecule has 0 fully saturated rings. The van der Waals surface area contributed by atoms with E-state index in [-0.39, 0.29) is 25.1 Å². The van der Waals surface area contributed by atoms with Crippen molar-refractivity contribution in [1.29, 1.82) is 0 Å². The Labute approximate surface area is 165 Å². The molecular weight excluding hydrogens is 380 g/mol. The molecule has 0 spiro atoms. The number of nitrogens with one attached hydrogen (secondary N) is 2. The highest BCUT2D eigenvalue weighted by Crippen LogP contribution is 2.16. The summed E-state index contributed by atoms with van der Waals surface area (Å²) >= 11 is 1.39. The molecule has 3 aromatic rings. The van der Waals surface area contributed by atoms with Gasteiger partial charge in [-0.1, -0.05) is 6.07 Å². The van der Waals surface area contributed by atoms with Gasteiger partial charge in [-0.2, -0.15) is 0 Å². The Bertz CT molecular complexity index is 1050. The van der Waals surface area contributed by atoms with E-state index in [1.54, 1.807) is 11.4 Å². The van der Waals surface area contributed by atoms with Gasteiger partial charge in [-0.15, -0.1) is 11.3 Å². The number of carbonyl (C=O) groups excluding carboxylic acids is 2. The quantitative estimate of drug-likeness (QED) is 0.613. The maximum absolute atomic E-state index is 12.2. The molecule has 1 aromatic carbocycles. The van der Waals surface area contributed by atoms with Crippen molar-refractivity contribution in [3.8, 4) is 5.75 Å². The zero-order valence-electron chi connectivity index (χ0n) is 15.5. The maximum atomic E-state index is 12.2. The van der Waals surface area contributed by atoms with Crippen LogP contribution in [-0.2, 0) is 16.1 Å². The van der Waals surface area contributed by atoms with Gasteiger partial charge in [0.1, 0.15) is 10.6 Å². The van der Waals surface area contributed by atoms with Gasteiger partial charge in [0.2, 0.25) is 5.91 Å². The first-order valence-electron chi connectivity index (χ1n) is 8.64. The van der Waals surface area contributed by atoms with Crippen LogP contribution in [0.3, 0.4) is 0 Å². The van der Waals surface area contributed by atoms with Gasteiger partial charge in [-0.05, 0) is 48.6 Å². The molecular formula is C19H20N4O4S. The molecule has 9 heteroatoms. The van der Waals surface area contributed by atoms with Crippen LogP contribution < -0.4 is 21.1 Å². The van der Waals surface area contributed by atoms with E-state index in [1.165, 1.54) is 22.2 Å². The van der Waals surface area contributed by atoms with Crippen molar-refractivity contribution in [2.24, 2.45) is 0 Å².